The lowest BCUT2D eigenvalue weighted by molar-refractivity contribution is 0.171. The lowest BCUT2D eigenvalue weighted by Gasteiger charge is -2.13. The molecular formula is C11H17NO3. The van der Waals surface area contributed by atoms with E-state index in [4.69, 9.17) is 4.74 Å². The Labute approximate surface area is 89.5 Å². The predicted octanol–water partition coefficient (Wildman–Crippen LogP) is 1.22. The van der Waals surface area contributed by atoms with Crippen LogP contribution in [0.3, 0.4) is 0 Å². The molecule has 0 spiro atoms. The lowest BCUT2D eigenvalue weighted by atomic mass is 10.2. The van der Waals surface area contributed by atoms with E-state index >= 15 is 0 Å². The van der Waals surface area contributed by atoms with Crippen molar-refractivity contribution in [3.63, 3.8) is 0 Å². The Bertz CT molecular complexity index is 315. The summed E-state index contributed by atoms with van der Waals surface area (Å²) in [5.41, 5.74) is 0.679. The topological polar surface area (TPSA) is 61.7 Å². The van der Waals surface area contributed by atoms with Crippen molar-refractivity contribution < 1.29 is 14.9 Å². The van der Waals surface area contributed by atoms with Crippen LogP contribution in [0.2, 0.25) is 0 Å². The first-order valence-corrected chi connectivity index (χ1v) is 4.87. The number of phenolic OH excluding ortho intramolecular Hbond substituents is 2. The Morgan fingerprint density at radius 1 is 1.40 bits per heavy atom. The molecule has 0 aliphatic rings. The molecule has 4 nitrogen and oxygen atoms in total. The molecular weight excluding hydrogens is 194 g/mol. The molecule has 15 heavy (non-hydrogen) atoms. The molecule has 0 heterocycles. The number of hydrogen-bond acceptors (Lipinski definition) is 4. The minimum absolute atomic E-state index is 0.0605. The molecule has 1 aromatic carbocycles. The molecule has 0 aliphatic heterocycles. The van der Waals surface area contributed by atoms with Crippen molar-refractivity contribution in [3.8, 4) is 11.5 Å². The fraction of sp³-hybridized carbons (Fsp3) is 0.455. The Morgan fingerprint density at radius 3 is 2.80 bits per heavy atom. The molecule has 1 aromatic rings. The van der Waals surface area contributed by atoms with Crippen LogP contribution in [-0.2, 0) is 11.3 Å². The maximum Gasteiger partial charge on any atom is 0.161 e. The number of para-hydroxylation sites is 1. The SMILES string of the molecule is COCC(C)NCc1cccc(O)c1O. The molecule has 3 N–H and O–H groups in total. The first kappa shape index (κ1) is 11.8. The molecule has 1 atom stereocenters. The van der Waals surface area contributed by atoms with E-state index in [1.54, 1.807) is 19.2 Å². The van der Waals surface area contributed by atoms with Crippen LogP contribution >= 0.6 is 0 Å². The number of ether oxygens (including phenoxy) is 1. The Balaban J connectivity index is 2.54. The van der Waals surface area contributed by atoms with Gasteiger partial charge in [-0.2, -0.15) is 0 Å². The molecule has 84 valence electrons. The number of hydrogen-bond donors (Lipinski definition) is 3. The number of rotatable bonds is 5. The van der Waals surface area contributed by atoms with Crippen molar-refractivity contribution in [1.82, 2.24) is 5.32 Å². The van der Waals surface area contributed by atoms with Gasteiger partial charge in [0.15, 0.2) is 11.5 Å². The first-order valence-electron chi connectivity index (χ1n) is 4.87. The van der Waals surface area contributed by atoms with Gasteiger partial charge in [0.05, 0.1) is 6.61 Å². The molecule has 0 aromatic heterocycles. The molecule has 0 fully saturated rings. The maximum atomic E-state index is 9.52. The van der Waals surface area contributed by atoms with Gasteiger partial charge in [-0.1, -0.05) is 12.1 Å². The van der Waals surface area contributed by atoms with Crippen LogP contribution in [0.1, 0.15) is 12.5 Å². The zero-order chi connectivity index (χ0) is 11.3. The van der Waals surface area contributed by atoms with Crippen molar-refractivity contribution in [1.29, 1.82) is 0 Å². The highest BCUT2D eigenvalue weighted by Gasteiger charge is 2.06. The van der Waals surface area contributed by atoms with Crippen LogP contribution in [-0.4, -0.2) is 30.0 Å². The number of methoxy groups -OCH3 is 1. The molecule has 0 saturated heterocycles. The number of aromatic hydroxyl groups is 2. The van der Waals surface area contributed by atoms with Crippen LogP contribution in [0, 0.1) is 0 Å². The summed E-state index contributed by atoms with van der Waals surface area (Å²) in [6, 6.07) is 5.13. The van der Waals surface area contributed by atoms with Gasteiger partial charge < -0.3 is 20.3 Å². The Hall–Kier alpha value is -1.26. The van der Waals surface area contributed by atoms with Gasteiger partial charge in [-0.3, -0.25) is 0 Å². The monoisotopic (exact) mass is 211 g/mol. The van der Waals surface area contributed by atoms with Gasteiger partial charge in [0.25, 0.3) is 0 Å². The standard InChI is InChI=1S/C11H17NO3/c1-8(7-15-2)12-6-9-4-3-5-10(13)11(9)14/h3-5,8,12-14H,6-7H2,1-2H3. The quantitative estimate of drug-likeness (QED) is 0.641. The van der Waals surface area contributed by atoms with Gasteiger partial charge >= 0.3 is 0 Å². The zero-order valence-corrected chi connectivity index (χ0v) is 9.03. The highest BCUT2D eigenvalue weighted by atomic mass is 16.5. The van der Waals surface area contributed by atoms with Crippen LogP contribution in [0.5, 0.6) is 11.5 Å². The lowest BCUT2D eigenvalue weighted by Crippen LogP contribution is -2.29. The fourth-order valence-corrected chi connectivity index (χ4v) is 1.31. The van der Waals surface area contributed by atoms with E-state index in [2.05, 4.69) is 5.32 Å². The minimum Gasteiger partial charge on any atom is -0.504 e. The van der Waals surface area contributed by atoms with Crippen molar-refractivity contribution in [2.24, 2.45) is 0 Å². The summed E-state index contributed by atoms with van der Waals surface area (Å²) in [7, 11) is 1.64. The minimum atomic E-state index is -0.0892. The zero-order valence-electron chi connectivity index (χ0n) is 9.03. The van der Waals surface area contributed by atoms with Crippen LogP contribution in [0.25, 0.3) is 0 Å². The molecule has 0 aliphatic carbocycles. The molecule has 1 rings (SSSR count). The van der Waals surface area contributed by atoms with E-state index in [0.717, 1.165) is 0 Å². The van der Waals surface area contributed by atoms with E-state index in [0.29, 0.717) is 18.7 Å². The summed E-state index contributed by atoms with van der Waals surface area (Å²) in [5, 5.41) is 22.0. The average Bonchev–Trinajstić information content (AvgIpc) is 2.21. The molecule has 4 heteroatoms. The third kappa shape index (κ3) is 3.42. The molecule has 0 saturated carbocycles. The van der Waals surface area contributed by atoms with Gasteiger partial charge in [0.2, 0.25) is 0 Å². The fourth-order valence-electron chi connectivity index (χ4n) is 1.31. The molecule has 1 unspecified atom stereocenters. The third-order valence-corrected chi connectivity index (χ3v) is 2.16. The summed E-state index contributed by atoms with van der Waals surface area (Å²) in [4.78, 5) is 0. The molecule has 0 radical (unpaired) electrons. The molecule has 0 bridgehead atoms. The van der Waals surface area contributed by atoms with E-state index < -0.39 is 0 Å². The second kappa shape index (κ2) is 5.58. The van der Waals surface area contributed by atoms with Crippen LogP contribution in [0.15, 0.2) is 18.2 Å². The van der Waals surface area contributed by atoms with Crippen molar-refractivity contribution in [3.05, 3.63) is 23.8 Å². The number of benzene rings is 1. The van der Waals surface area contributed by atoms with E-state index in [1.807, 2.05) is 6.92 Å². The van der Waals surface area contributed by atoms with Crippen molar-refractivity contribution in [2.75, 3.05) is 13.7 Å². The third-order valence-electron chi connectivity index (χ3n) is 2.16. The normalized spacial score (nSPS) is 12.7. The summed E-state index contributed by atoms with van der Waals surface area (Å²) < 4.78 is 4.97. The van der Waals surface area contributed by atoms with Gasteiger partial charge in [0.1, 0.15) is 0 Å². The van der Waals surface area contributed by atoms with Crippen LogP contribution < -0.4 is 5.32 Å². The largest absolute Gasteiger partial charge is 0.504 e. The summed E-state index contributed by atoms with van der Waals surface area (Å²) >= 11 is 0. The maximum absolute atomic E-state index is 9.52. The smallest absolute Gasteiger partial charge is 0.161 e. The second-order valence-electron chi connectivity index (χ2n) is 3.52. The molecule has 0 amide bonds. The Morgan fingerprint density at radius 2 is 2.13 bits per heavy atom. The van der Waals surface area contributed by atoms with E-state index in [1.165, 1.54) is 6.07 Å². The van der Waals surface area contributed by atoms with Gasteiger partial charge in [0, 0.05) is 25.3 Å². The van der Waals surface area contributed by atoms with Gasteiger partial charge in [-0.05, 0) is 13.0 Å². The predicted molar refractivity (Wildman–Crippen MR) is 57.9 cm³/mol. The van der Waals surface area contributed by atoms with E-state index in [9.17, 15) is 10.2 Å². The number of phenols is 2. The second-order valence-corrected chi connectivity index (χ2v) is 3.52. The van der Waals surface area contributed by atoms with Crippen molar-refractivity contribution >= 4 is 0 Å². The highest BCUT2D eigenvalue weighted by Crippen LogP contribution is 2.27. The van der Waals surface area contributed by atoms with Crippen LogP contribution in [0.4, 0.5) is 0 Å². The highest BCUT2D eigenvalue weighted by molar-refractivity contribution is 5.44. The Kier molecular flexibility index (Phi) is 4.39. The summed E-state index contributed by atoms with van der Waals surface area (Å²) in [5.74, 6) is -0.150. The summed E-state index contributed by atoms with van der Waals surface area (Å²) in [6.45, 7) is 3.10. The first-order chi connectivity index (χ1) is 7.15. The van der Waals surface area contributed by atoms with Gasteiger partial charge in [-0.15, -0.1) is 0 Å². The number of nitrogens with one attached hydrogen (secondary N) is 1. The average molecular weight is 211 g/mol. The van der Waals surface area contributed by atoms with E-state index in [-0.39, 0.29) is 17.5 Å². The summed E-state index contributed by atoms with van der Waals surface area (Å²) in [6.07, 6.45) is 0. The van der Waals surface area contributed by atoms with Crippen molar-refractivity contribution in [2.45, 2.75) is 19.5 Å². The van der Waals surface area contributed by atoms with Gasteiger partial charge in [-0.25, -0.2) is 0 Å².